The second-order valence-electron chi connectivity index (χ2n) is 6.02. The molecule has 24 heavy (non-hydrogen) atoms. The van der Waals surface area contributed by atoms with E-state index in [0.29, 0.717) is 5.82 Å². The van der Waals surface area contributed by atoms with E-state index in [-0.39, 0.29) is 0 Å². The minimum atomic E-state index is 0.495. The summed E-state index contributed by atoms with van der Waals surface area (Å²) in [7, 11) is 2.16. The van der Waals surface area contributed by atoms with Crippen molar-refractivity contribution in [2.45, 2.75) is 13.3 Å². The Morgan fingerprint density at radius 2 is 1.92 bits per heavy atom. The van der Waals surface area contributed by atoms with Crippen molar-refractivity contribution < 1.29 is 0 Å². The maximum absolute atomic E-state index is 5.62. The van der Waals surface area contributed by atoms with Gasteiger partial charge in [-0.1, -0.05) is 11.8 Å². The van der Waals surface area contributed by atoms with Crippen LogP contribution in [0.4, 0.5) is 11.6 Å². The summed E-state index contributed by atoms with van der Waals surface area (Å²) in [4.78, 5) is 17.6. The molecule has 0 aliphatic carbocycles. The van der Waals surface area contributed by atoms with E-state index in [0.717, 1.165) is 55.2 Å². The summed E-state index contributed by atoms with van der Waals surface area (Å²) in [5.41, 5.74) is 8.23. The molecule has 0 radical (unpaired) electrons. The van der Waals surface area contributed by atoms with Gasteiger partial charge in [0.25, 0.3) is 0 Å². The second kappa shape index (κ2) is 7.28. The second-order valence-corrected chi connectivity index (χ2v) is 6.02. The van der Waals surface area contributed by atoms with Gasteiger partial charge < -0.3 is 15.5 Å². The maximum atomic E-state index is 5.62. The van der Waals surface area contributed by atoms with Crippen molar-refractivity contribution in [3.8, 4) is 11.8 Å². The zero-order valence-corrected chi connectivity index (χ0v) is 14.2. The van der Waals surface area contributed by atoms with Gasteiger partial charge in [0, 0.05) is 31.4 Å². The van der Waals surface area contributed by atoms with Gasteiger partial charge in [-0.2, -0.15) is 0 Å². The van der Waals surface area contributed by atoms with Crippen LogP contribution in [0.3, 0.4) is 0 Å². The van der Waals surface area contributed by atoms with Crippen LogP contribution in [0.15, 0.2) is 24.7 Å². The van der Waals surface area contributed by atoms with Crippen LogP contribution in [-0.4, -0.2) is 53.1 Å². The summed E-state index contributed by atoms with van der Waals surface area (Å²) in [6, 6.07) is 3.62. The van der Waals surface area contributed by atoms with E-state index >= 15 is 0 Å². The number of aromatic nitrogens is 3. The summed E-state index contributed by atoms with van der Waals surface area (Å²) in [5.74, 6) is 7.80. The number of aryl methyl sites for hydroxylation is 1. The standard InChI is InChI=1S/C18H22N6/c1-14-16(6-4-15-5-7-17(19)20-12-15)18(22-13-21-14)24-9-3-8-23(2)10-11-24/h5,7,12-13H,3,8-11H2,1-2H3,(H2,19,20). The zero-order chi connectivity index (χ0) is 16.9. The number of nitrogens with two attached hydrogens (primary N) is 1. The van der Waals surface area contributed by atoms with Gasteiger partial charge in [-0.3, -0.25) is 0 Å². The molecule has 2 aromatic rings. The first kappa shape index (κ1) is 16.2. The fourth-order valence-electron chi connectivity index (χ4n) is 2.72. The molecule has 0 amide bonds. The smallest absolute Gasteiger partial charge is 0.148 e. The first-order valence-electron chi connectivity index (χ1n) is 8.12. The third-order valence-corrected chi connectivity index (χ3v) is 4.15. The number of rotatable bonds is 1. The fraction of sp³-hybridized carbons (Fsp3) is 0.389. The van der Waals surface area contributed by atoms with Gasteiger partial charge in [0.1, 0.15) is 18.0 Å². The van der Waals surface area contributed by atoms with Gasteiger partial charge in [0.05, 0.1) is 11.3 Å². The summed E-state index contributed by atoms with van der Waals surface area (Å²) in [6.07, 6.45) is 4.42. The summed E-state index contributed by atoms with van der Waals surface area (Å²) >= 11 is 0. The molecule has 1 aliphatic rings. The molecule has 0 saturated carbocycles. The summed E-state index contributed by atoms with van der Waals surface area (Å²) in [5, 5.41) is 0. The molecular formula is C18H22N6. The highest BCUT2D eigenvalue weighted by atomic mass is 15.2. The van der Waals surface area contributed by atoms with Crippen LogP contribution in [-0.2, 0) is 0 Å². The average molecular weight is 322 g/mol. The number of anilines is 2. The van der Waals surface area contributed by atoms with Gasteiger partial charge in [-0.05, 0) is 39.1 Å². The molecule has 3 heterocycles. The topological polar surface area (TPSA) is 71.2 Å². The van der Waals surface area contributed by atoms with Crippen LogP contribution < -0.4 is 10.6 Å². The number of hydrogen-bond acceptors (Lipinski definition) is 6. The minimum absolute atomic E-state index is 0.495. The minimum Gasteiger partial charge on any atom is -0.384 e. The molecule has 124 valence electrons. The molecule has 0 atom stereocenters. The Morgan fingerprint density at radius 1 is 1.04 bits per heavy atom. The molecule has 2 aromatic heterocycles. The number of pyridine rings is 1. The number of likely N-dealkylation sites (N-methyl/N-ethyl adjacent to an activating group) is 1. The molecule has 6 heteroatoms. The molecule has 6 nitrogen and oxygen atoms in total. The van der Waals surface area contributed by atoms with E-state index < -0.39 is 0 Å². The molecule has 0 bridgehead atoms. The Hall–Kier alpha value is -2.65. The third-order valence-electron chi connectivity index (χ3n) is 4.15. The average Bonchev–Trinajstić information content (AvgIpc) is 2.80. The summed E-state index contributed by atoms with van der Waals surface area (Å²) in [6.45, 7) is 6.04. The first-order chi connectivity index (χ1) is 11.6. The lowest BCUT2D eigenvalue weighted by Crippen LogP contribution is -2.30. The van der Waals surface area contributed by atoms with Crippen LogP contribution in [0.1, 0.15) is 23.2 Å². The van der Waals surface area contributed by atoms with Crippen LogP contribution in [0.5, 0.6) is 0 Å². The maximum Gasteiger partial charge on any atom is 0.148 e. The Labute approximate surface area is 142 Å². The normalized spacial score (nSPS) is 15.5. The number of hydrogen-bond donors (Lipinski definition) is 1. The SMILES string of the molecule is Cc1ncnc(N2CCCN(C)CC2)c1C#Cc1ccc(N)nc1. The van der Waals surface area contributed by atoms with Crippen molar-refractivity contribution in [2.75, 3.05) is 43.9 Å². The van der Waals surface area contributed by atoms with Crippen LogP contribution in [0.2, 0.25) is 0 Å². The van der Waals surface area contributed by atoms with Crippen molar-refractivity contribution in [3.05, 3.63) is 41.5 Å². The third kappa shape index (κ3) is 3.81. The van der Waals surface area contributed by atoms with E-state index in [2.05, 4.69) is 43.6 Å². The molecule has 0 aromatic carbocycles. The zero-order valence-electron chi connectivity index (χ0n) is 14.2. The lowest BCUT2D eigenvalue weighted by atomic mass is 10.2. The van der Waals surface area contributed by atoms with Crippen LogP contribution in [0.25, 0.3) is 0 Å². The largest absolute Gasteiger partial charge is 0.384 e. The Kier molecular flexibility index (Phi) is 4.92. The van der Waals surface area contributed by atoms with Crippen molar-refractivity contribution in [3.63, 3.8) is 0 Å². The van der Waals surface area contributed by atoms with E-state index in [4.69, 9.17) is 5.73 Å². The predicted molar refractivity (Wildman–Crippen MR) is 95.7 cm³/mol. The lowest BCUT2D eigenvalue weighted by Gasteiger charge is -2.23. The quantitative estimate of drug-likeness (QED) is 0.798. The van der Waals surface area contributed by atoms with Gasteiger partial charge in [-0.25, -0.2) is 15.0 Å². The molecule has 0 unspecified atom stereocenters. The molecule has 1 fully saturated rings. The molecule has 1 aliphatic heterocycles. The fourth-order valence-corrected chi connectivity index (χ4v) is 2.72. The monoisotopic (exact) mass is 322 g/mol. The molecule has 2 N–H and O–H groups in total. The highest BCUT2D eigenvalue weighted by molar-refractivity contribution is 5.59. The summed E-state index contributed by atoms with van der Waals surface area (Å²) < 4.78 is 0. The number of nitrogens with zero attached hydrogens (tertiary/aromatic N) is 5. The van der Waals surface area contributed by atoms with E-state index in [9.17, 15) is 0 Å². The van der Waals surface area contributed by atoms with E-state index in [1.807, 2.05) is 13.0 Å². The van der Waals surface area contributed by atoms with Crippen molar-refractivity contribution >= 4 is 11.6 Å². The van der Waals surface area contributed by atoms with Gasteiger partial charge in [0.2, 0.25) is 0 Å². The Morgan fingerprint density at radius 3 is 2.71 bits per heavy atom. The molecule has 0 spiro atoms. The van der Waals surface area contributed by atoms with Gasteiger partial charge in [-0.15, -0.1) is 0 Å². The highest BCUT2D eigenvalue weighted by Crippen LogP contribution is 2.20. The van der Waals surface area contributed by atoms with E-state index in [1.54, 1.807) is 18.6 Å². The van der Waals surface area contributed by atoms with Crippen molar-refractivity contribution in [2.24, 2.45) is 0 Å². The highest BCUT2D eigenvalue weighted by Gasteiger charge is 2.17. The Bertz CT molecular complexity index is 759. The Balaban J connectivity index is 1.92. The van der Waals surface area contributed by atoms with Crippen molar-refractivity contribution in [1.82, 2.24) is 19.9 Å². The molecule has 3 rings (SSSR count). The van der Waals surface area contributed by atoms with Crippen LogP contribution in [0, 0.1) is 18.8 Å². The van der Waals surface area contributed by atoms with Crippen LogP contribution >= 0.6 is 0 Å². The lowest BCUT2D eigenvalue weighted by molar-refractivity contribution is 0.360. The van der Waals surface area contributed by atoms with Gasteiger partial charge >= 0.3 is 0 Å². The first-order valence-corrected chi connectivity index (χ1v) is 8.12. The number of nitrogen functional groups attached to an aromatic ring is 1. The van der Waals surface area contributed by atoms with Gasteiger partial charge in [0.15, 0.2) is 0 Å². The predicted octanol–water partition coefficient (Wildman–Crippen LogP) is 1.30. The molecular weight excluding hydrogens is 300 g/mol. The molecule has 1 saturated heterocycles. The van der Waals surface area contributed by atoms with E-state index in [1.165, 1.54) is 0 Å². The van der Waals surface area contributed by atoms with Crippen molar-refractivity contribution in [1.29, 1.82) is 0 Å².